The van der Waals surface area contributed by atoms with E-state index in [9.17, 15) is 9.90 Å². The third kappa shape index (κ3) is 5.66. The van der Waals surface area contributed by atoms with Crippen LogP contribution in [0.2, 0.25) is 0 Å². The van der Waals surface area contributed by atoms with Crippen LogP contribution in [-0.2, 0) is 9.53 Å². The van der Waals surface area contributed by atoms with Gasteiger partial charge in [0.1, 0.15) is 22.8 Å². The SMILES string of the molecule is COc1ccc2c(Oc3ccc(/C=C/C(=O)OC(C)(C)C)cc3)c(-c3cccc(O)c3C)sc2c1. The van der Waals surface area contributed by atoms with E-state index in [2.05, 4.69) is 0 Å². The molecule has 35 heavy (non-hydrogen) atoms. The molecule has 0 radical (unpaired) electrons. The van der Waals surface area contributed by atoms with Crippen LogP contribution in [0.1, 0.15) is 31.9 Å². The molecule has 6 heteroatoms. The Morgan fingerprint density at radius 3 is 2.40 bits per heavy atom. The molecule has 0 bridgehead atoms. The van der Waals surface area contributed by atoms with Crippen LogP contribution in [0, 0.1) is 6.92 Å². The van der Waals surface area contributed by atoms with Crippen molar-refractivity contribution in [2.24, 2.45) is 0 Å². The summed E-state index contributed by atoms with van der Waals surface area (Å²) in [5.41, 5.74) is 2.03. The molecular formula is C29H28O5S. The van der Waals surface area contributed by atoms with E-state index in [0.717, 1.165) is 43.2 Å². The predicted molar refractivity (Wildman–Crippen MR) is 142 cm³/mol. The number of thiophene rings is 1. The number of carbonyl (C=O) groups is 1. The standard InChI is InChI=1S/C29H28O5S/c1-18-22(7-6-8-24(18)30)28-27(23-15-14-21(32-5)17-25(23)35-28)33-20-12-9-19(10-13-20)11-16-26(31)34-29(2,3)4/h6-17,30H,1-5H3/b16-11+. The highest BCUT2D eigenvalue weighted by atomic mass is 32.1. The van der Waals surface area contributed by atoms with Crippen molar-refractivity contribution in [3.05, 3.63) is 77.9 Å². The molecule has 5 nitrogen and oxygen atoms in total. The van der Waals surface area contributed by atoms with Gasteiger partial charge in [0.2, 0.25) is 0 Å². The molecule has 0 aliphatic rings. The molecular weight excluding hydrogens is 460 g/mol. The van der Waals surface area contributed by atoms with Crippen LogP contribution in [0.15, 0.2) is 66.7 Å². The molecule has 0 saturated carbocycles. The van der Waals surface area contributed by atoms with Gasteiger partial charge in [0, 0.05) is 21.7 Å². The lowest BCUT2D eigenvalue weighted by Crippen LogP contribution is -2.22. The second-order valence-electron chi connectivity index (χ2n) is 9.11. The molecule has 1 aromatic heterocycles. The normalized spacial score (nSPS) is 11.7. The van der Waals surface area contributed by atoms with Crippen molar-refractivity contribution < 1.29 is 24.1 Å². The number of phenolic OH excluding ortho intramolecular Hbond substituents is 1. The van der Waals surface area contributed by atoms with Gasteiger partial charge < -0.3 is 19.3 Å². The van der Waals surface area contributed by atoms with Crippen molar-refractivity contribution in [3.8, 4) is 33.4 Å². The van der Waals surface area contributed by atoms with Crippen molar-refractivity contribution in [3.63, 3.8) is 0 Å². The van der Waals surface area contributed by atoms with E-state index in [-0.39, 0.29) is 11.7 Å². The van der Waals surface area contributed by atoms with Gasteiger partial charge in [0.15, 0.2) is 5.75 Å². The van der Waals surface area contributed by atoms with Gasteiger partial charge in [-0.05, 0) is 81.3 Å². The maximum atomic E-state index is 11.9. The number of hydrogen-bond donors (Lipinski definition) is 1. The smallest absolute Gasteiger partial charge is 0.331 e. The molecule has 0 aliphatic carbocycles. The number of ether oxygens (including phenoxy) is 3. The Kier molecular flexibility index (Phi) is 6.85. The summed E-state index contributed by atoms with van der Waals surface area (Å²) < 4.78 is 18.1. The lowest BCUT2D eigenvalue weighted by molar-refractivity contribution is -0.148. The van der Waals surface area contributed by atoms with E-state index >= 15 is 0 Å². The van der Waals surface area contributed by atoms with Gasteiger partial charge >= 0.3 is 5.97 Å². The number of phenols is 1. The van der Waals surface area contributed by atoms with Crippen LogP contribution in [-0.4, -0.2) is 23.8 Å². The fraction of sp³-hybridized carbons (Fsp3) is 0.207. The summed E-state index contributed by atoms with van der Waals surface area (Å²) in [5, 5.41) is 11.2. The minimum Gasteiger partial charge on any atom is -0.508 e. The summed E-state index contributed by atoms with van der Waals surface area (Å²) in [6.45, 7) is 7.40. The Balaban J connectivity index is 1.67. The van der Waals surface area contributed by atoms with Crippen molar-refractivity contribution in [1.82, 2.24) is 0 Å². The average Bonchev–Trinajstić information content (AvgIpc) is 3.16. The third-order valence-corrected chi connectivity index (χ3v) is 6.49. The Morgan fingerprint density at radius 1 is 1.00 bits per heavy atom. The summed E-state index contributed by atoms with van der Waals surface area (Å²) in [5.74, 6) is 2.01. The number of rotatable bonds is 6. The van der Waals surface area contributed by atoms with Gasteiger partial charge in [0.25, 0.3) is 0 Å². The molecule has 1 heterocycles. The van der Waals surface area contributed by atoms with E-state index in [1.54, 1.807) is 30.6 Å². The van der Waals surface area contributed by atoms with Crippen molar-refractivity contribution in [1.29, 1.82) is 0 Å². The first-order valence-corrected chi connectivity index (χ1v) is 12.0. The summed E-state index contributed by atoms with van der Waals surface area (Å²) in [4.78, 5) is 12.9. The molecule has 4 aromatic rings. The first-order chi connectivity index (χ1) is 16.6. The van der Waals surface area contributed by atoms with Crippen LogP contribution in [0.4, 0.5) is 0 Å². The molecule has 0 unspecified atom stereocenters. The highest BCUT2D eigenvalue weighted by Crippen LogP contribution is 2.48. The van der Waals surface area contributed by atoms with E-state index < -0.39 is 5.60 Å². The topological polar surface area (TPSA) is 65.0 Å². The Hall–Kier alpha value is -3.77. The van der Waals surface area contributed by atoms with Crippen LogP contribution in [0.5, 0.6) is 23.0 Å². The molecule has 0 atom stereocenters. The van der Waals surface area contributed by atoms with Crippen LogP contribution in [0.3, 0.4) is 0 Å². The monoisotopic (exact) mass is 488 g/mol. The molecule has 0 amide bonds. The first-order valence-electron chi connectivity index (χ1n) is 11.2. The largest absolute Gasteiger partial charge is 0.508 e. The molecule has 3 aromatic carbocycles. The zero-order valence-electron chi connectivity index (χ0n) is 20.4. The molecule has 0 spiro atoms. The first kappa shape index (κ1) is 24.4. The fourth-order valence-electron chi connectivity index (χ4n) is 3.59. The predicted octanol–water partition coefficient (Wildman–Crippen LogP) is 7.74. The summed E-state index contributed by atoms with van der Waals surface area (Å²) >= 11 is 1.59. The molecule has 0 fully saturated rings. The minimum atomic E-state index is -0.530. The Morgan fingerprint density at radius 2 is 1.71 bits per heavy atom. The fourth-order valence-corrected chi connectivity index (χ4v) is 4.83. The van der Waals surface area contributed by atoms with E-state index in [4.69, 9.17) is 14.2 Å². The summed E-state index contributed by atoms with van der Waals surface area (Å²) in [6.07, 6.45) is 3.13. The zero-order chi connectivity index (χ0) is 25.2. The highest BCUT2D eigenvalue weighted by molar-refractivity contribution is 7.22. The second kappa shape index (κ2) is 9.84. The highest BCUT2D eigenvalue weighted by Gasteiger charge is 2.19. The molecule has 4 rings (SSSR count). The zero-order valence-corrected chi connectivity index (χ0v) is 21.2. The van der Waals surface area contributed by atoms with Crippen LogP contribution in [0.25, 0.3) is 26.6 Å². The molecule has 0 aliphatic heterocycles. The number of esters is 1. The van der Waals surface area contributed by atoms with Crippen molar-refractivity contribution in [2.45, 2.75) is 33.3 Å². The number of methoxy groups -OCH3 is 1. The van der Waals surface area contributed by atoms with Gasteiger partial charge in [-0.2, -0.15) is 0 Å². The van der Waals surface area contributed by atoms with Crippen LogP contribution < -0.4 is 9.47 Å². The quantitative estimate of drug-likeness (QED) is 0.222. The van der Waals surface area contributed by atoms with Gasteiger partial charge in [-0.25, -0.2) is 4.79 Å². The number of hydrogen-bond acceptors (Lipinski definition) is 6. The van der Waals surface area contributed by atoms with Gasteiger partial charge in [0.05, 0.1) is 12.0 Å². The number of aromatic hydroxyl groups is 1. The van der Waals surface area contributed by atoms with Crippen molar-refractivity contribution >= 4 is 33.5 Å². The number of carbonyl (C=O) groups excluding carboxylic acids is 1. The summed E-state index contributed by atoms with van der Waals surface area (Å²) in [6, 6.07) is 18.9. The maximum Gasteiger partial charge on any atom is 0.331 e. The number of fused-ring (bicyclic) bond motifs is 1. The molecule has 180 valence electrons. The van der Waals surface area contributed by atoms with Crippen molar-refractivity contribution in [2.75, 3.05) is 7.11 Å². The van der Waals surface area contributed by atoms with E-state index in [0.29, 0.717) is 5.75 Å². The average molecular weight is 489 g/mol. The van der Waals surface area contributed by atoms with Gasteiger partial charge in [-0.15, -0.1) is 11.3 Å². The van der Waals surface area contributed by atoms with Gasteiger partial charge in [-0.1, -0.05) is 24.3 Å². The van der Waals surface area contributed by atoms with E-state index in [1.165, 1.54) is 6.08 Å². The summed E-state index contributed by atoms with van der Waals surface area (Å²) in [7, 11) is 1.64. The Bertz CT molecular complexity index is 1390. The third-order valence-electron chi connectivity index (χ3n) is 5.32. The number of benzene rings is 3. The lowest BCUT2D eigenvalue weighted by Gasteiger charge is -2.17. The van der Waals surface area contributed by atoms with E-state index in [1.807, 2.05) is 82.3 Å². The Labute approximate surface area is 209 Å². The van der Waals surface area contributed by atoms with Gasteiger partial charge in [-0.3, -0.25) is 0 Å². The lowest BCUT2D eigenvalue weighted by atomic mass is 10.0. The maximum absolute atomic E-state index is 11.9. The molecule has 1 N–H and O–H groups in total. The second-order valence-corrected chi connectivity index (χ2v) is 10.2. The van der Waals surface area contributed by atoms with Crippen LogP contribution >= 0.6 is 11.3 Å². The minimum absolute atomic E-state index is 0.240. The molecule has 0 saturated heterocycles.